The molecule has 0 fully saturated rings. The van der Waals surface area contributed by atoms with Crippen LogP contribution >= 0.6 is 0 Å². The van der Waals surface area contributed by atoms with Crippen molar-refractivity contribution >= 4 is 11.4 Å². The number of fused-ring (bicyclic) bond motifs is 8. The molecule has 256 valence electrons. The summed E-state index contributed by atoms with van der Waals surface area (Å²) in [5.74, 6) is 2.03. The van der Waals surface area contributed by atoms with Gasteiger partial charge in [-0.1, -0.05) is 79.7 Å². The molecule has 1 aliphatic carbocycles. The molecule has 6 heteroatoms. The Morgan fingerprint density at radius 3 is 1.00 bits per heavy atom. The van der Waals surface area contributed by atoms with Gasteiger partial charge in [-0.25, -0.2) is 0 Å². The molecule has 0 unspecified atom stereocenters. The van der Waals surface area contributed by atoms with E-state index in [1.807, 2.05) is 24.3 Å². The van der Waals surface area contributed by atoms with Crippen LogP contribution in [-0.2, 0) is 36.5 Å². The minimum atomic E-state index is -0.151. The van der Waals surface area contributed by atoms with Crippen LogP contribution in [-0.4, -0.2) is 23.4 Å². The lowest BCUT2D eigenvalue weighted by Crippen LogP contribution is -2.15. The maximum Gasteiger partial charge on any atom is 0.126 e. The Kier molecular flexibility index (Phi) is 9.96. The first-order valence-corrected chi connectivity index (χ1v) is 17.4. The van der Waals surface area contributed by atoms with Crippen molar-refractivity contribution in [2.45, 2.75) is 105 Å². The molecule has 0 aromatic heterocycles. The molecule has 6 nitrogen and oxygen atoms in total. The highest BCUT2D eigenvalue weighted by molar-refractivity contribution is 5.62. The Hall–Kier alpha value is -4.32. The Labute approximate surface area is 287 Å². The van der Waals surface area contributed by atoms with Crippen LogP contribution in [0.25, 0.3) is 0 Å². The predicted octanol–water partition coefficient (Wildman–Crippen LogP) is 9.11. The topological polar surface area (TPSA) is 111 Å². The van der Waals surface area contributed by atoms with E-state index < -0.39 is 0 Å². The summed E-state index contributed by atoms with van der Waals surface area (Å²) in [6.07, 6.45) is 3.41. The van der Waals surface area contributed by atoms with Gasteiger partial charge >= 0.3 is 0 Å². The van der Waals surface area contributed by atoms with E-state index in [-0.39, 0.29) is 22.3 Å². The molecule has 4 aromatic carbocycles. The van der Waals surface area contributed by atoms with Crippen LogP contribution < -0.4 is 20.9 Å². The van der Waals surface area contributed by atoms with E-state index in [1.54, 1.807) is 0 Å². The zero-order chi connectivity index (χ0) is 35.0. The summed E-state index contributed by atoms with van der Waals surface area (Å²) in [4.78, 5) is 0. The van der Waals surface area contributed by atoms with Crippen molar-refractivity contribution in [1.29, 1.82) is 0 Å². The summed E-state index contributed by atoms with van der Waals surface area (Å²) in [6, 6.07) is 16.3. The van der Waals surface area contributed by atoms with E-state index in [9.17, 15) is 10.2 Å². The number of ether oxygens (including phenoxy) is 2. The fraction of sp³-hybridized carbons (Fsp3) is 0.429. The first kappa shape index (κ1) is 35.0. The largest absolute Gasteiger partial charge is 0.507 e. The molecular weight excluding hydrogens is 596 g/mol. The molecule has 48 heavy (non-hydrogen) atoms. The highest BCUT2D eigenvalue weighted by atomic mass is 16.5. The van der Waals surface area contributed by atoms with Crippen LogP contribution in [0, 0.1) is 0 Å². The molecule has 6 N–H and O–H groups in total. The lowest BCUT2D eigenvalue weighted by molar-refractivity contribution is 0.311. The van der Waals surface area contributed by atoms with E-state index in [1.165, 1.54) is 0 Å². The summed E-state index contributed by atoms with van der Waals surface area (Å²) < 4.78 is 13.0. The van der Waals surface area contributed by atoms with Crippen LogP contribution in [0.15, 0.2) is 48.5 Å². The van der Waals surface area contributed by atoms with Gasteiger partial charge in [-0.3, -0.25) is 0 Å². The third-order valence-electron chi connectivity index (χ3n) is 9.22. The van der Waals surface area contributed by atoms with Crippen LogP contribution in [0.2, 0.25) is 0 Å². The van der Waals surface area contributed by atoms with Gasteiger partial charge in [0.25, 0.3) is 0 Å². The number of aromatic hydroxyl groups is 2. The molecule has 0 saturated carbocycles. The van der Waals surface area contributed by atoms with Gasteiger partial charge in [-0.15, -0.1) is 0 Å². The second-order valence-electron chi connectivity index (χ2n) is 15.5. The number of nitrogens with two attached hydrogens (primary N) is 2. The fourth-order valence-electron chi connectivity index (χ4n) is 6.61. The van der Waals surface area contributed by atoms with Crippen molar-refractivity contribution in [3.8, 4) is 23.0 Å². The smallest absolute Gasteiger partial charge is 0.126 e. The summed E-state index contributed by atoms with van der Waals surface area (Å²) in [6.45, 7) is 18.4. The molecule has 8 bridgehead atoms. The standard InChI is InChI=1S/C42H54N2O4/c1-9-11-47-39-29-13-25-21-35(43)23-27(37(25)45)15-31-19-34(42(6,7)8)20-32(40(31)48-12-10-2)16-28-24-36(44)22-26(38(28)46)14-30(39)18-33(17-29)41(3,4)5/h17-24,45-46H,9-16,43-44H2,1-8H3. The molecule has 4 aromatic rings. The molecule has 0 atom stereocenters. The lowest BCUT2D eigenvalue weighted by atomic mass is 9.81. The van der Waals surface area contributed by atoms with Crippen molar-refractivity contribution in [2.75, 3.05) is 24.7 Å². The van der Waals surface area contributed by atoms with Crippen molar-refractivity contribution in [3.63, 3.8) is 0 Å². The monoisotopic (exact) mass is 650 g/mol. The Bertz CT molecular complexity index is 1580. The highest BCUT2D eigenvalue weighted by Crippen LogP contribution is 2.42. The van der Waals surface area contributed by atoms with E-state index in [2.05, 4.69) is 79.7 Å². The third kappa shape index (κ3) is 7.53. The van der Waals surface area contributed by atoms with E-state index in [4.69, 9.17) is 20.9 Å². The molecule has 1 aliphatic rings. The number of hydrogen-bond donors (Lipinski definition) is 4. The normalized spacial score (nSPS) is 13.3. The number of anilines is 2. The zero-order valence-electron chi connectivity index (χ0n) is 30.1. The first-order valence-electron chi connectivity index (χ1n) is 17.4. The van der Waals surface area contributed by atoms with Gasteiger partial charge in [0.2, 0.25) is 0 Å². The van der Waals surface area contributed by atoms with Crippen LogP contribution in [0.5, 0.6) is 23.0 Å². The summed E-state index contributed by atoms with van der Waals surface area (Å²) in [5.41, 5.74) is 23.2. The number of phenolic OH excluding ortho intramolecular Hbond substituents is 2. The molecule has 0 heterocycles. The van der Waals surface area contributed by atoms with Crippen molar-refractivity contribution in [1.82, 2.24) is 0 Å². The maximum absolute atomic E-state index is 11.9. The van der Waals surface area contributed by atoms with Gasteiger partial charge in [0, 0.05) is 59.3 Å². The number of hydrogen-bond acceptors (Lipinski definition) is 6. The van der Waals surface area contributed by atoms with Gasteiger partial charge in [0.1, 0.15) is 23.0 Å². The van der Waals surface area contributed by atoms with Gasteiger partial charge in [-0.2, -0.15) is 0 Å². The molecule has 5 rings (SSSR count). The Balaban J connectivity index is 1.86. The molecule has 0 saturated heterocycles. The lowest BCUT2D eigenvalue weighted by Gasteiger charge is -2.26. The van der Waals surface area contributed by atoms with Gasteiger partial charge in [0.05, 0.1) is 13.2 Å². The highest BCUT2D eigenvalue weighted by Gasteiger charge is 2.26. The van der Waals surface area contributed by atoms with Crippen LogP contribution in [0.1, 0.15) is 124 Å². The molecule has 0 spiro atoms. The predicted molar refractivity (Wildman–Crippen MR) is 198 cm³/mol. The van der Waals surface area contributed by atoms with Gasteiger partial charge in [-0.05, 0) is 81.3 Å². The second kappa shape index (κ2) is 13.7. The van der Waals surface area contributed by atoms with Crippen LogP contribution in [0.4, 0.5) is 11.4 Å². The van der Waals surface area contributed by atoms with E-state index in [0.717, 1.165) is 80.0 Å². The third-order valence-corrected chi connectivity index (χ3v) is 9.22. The second-order valence-corrected chi connectivity index (χ2v) is 15.5. The summed E-state index contributed by atoms with van der Waals surface area (Å²) in [7, 11) is 0. The Morgan fingerprint density at radius 2 is 0.771 bits per heavy atom. The fourth-order valence-corrected chi connectivity index (χ4v) is 6.61. The quantitative estimate of drug-likeness (QED) is 0.108. The number of phenols is 2. The van der Waals surface area contributed by atoms with E-state index in [0.29, 0.717) is 50.3 Å². The molecular formula is C42H54N2O4. The van der Waals surface area contributed by atoms with Crippen molar-refractivity contribution in [3.05, 3.63) is 104 Å². The minimum Gasteiger partial charge on any atom is -0.507 e. The number of benzene rings is 4. The zero-order valence-corrected chi connectivity index (χ0v) is 30.1. The van der Waals surface area contributed by atoms with E-state index >= 15 is 0 Å². The molecule has 0 aliphatic heterocycles. The number of rotatable bonds is 6. The van der Waals surface area contributed by atoms with Gasteiger partial charge in [0.15, 0.2) is 0 Å². The first-order chi connectivity index (χ1) is 22.6. The summed E-state index contributed by atoms with van der Waals surface area (Å²) >= 11 is 0. The van der Waals surface area contributed by atoms with Crippen molar-refractivity contribution in [2.24, 2.45) is 0 Å². The van der Waals surface area contributed by atoms with Crippen molar-refractivity contribution < 1.29 is 19.7 Å². The minimum absolute atomic E-state index is 0.151. The SMILES string of the molecule is CCCOc1c2cc(C(C)(C)C)cc1Cc1cc(N)cc(c1O)Cc1cc(C(C)(C)C)cc(c1OCCC)Cc1cc(N)cc(c1O)C2. The average molecular weight is 651 g/mol. The number of nitrogen functional groups attached to an aromatic ring is 2. The Morgan fingerprint density at radius 1 is 0.500 bits per heavy atom. The summed E-state index contributed by atoms with van der Waals surface area (Å²) in [5, 5.41) is 23.9. The van der Waals surface area contributed by atoms with Gasteiger partial charge < -0.3 is 31.2 Å². The molecule has 0 radical (unpaired) electrons. The van der Waals surface area contributed by atoms with Crippen LogP contribution in [0.3, 0.4) is 0 Å². The molecule has 0 amide bonds. The average Bonchev–Trinajstić information content (AvgIpc) is 2.99. The maximum atomic E-state index is 11.9.